The summed E-state index contributed by atoms with van der Waals surface area (Å²) in [6, 6.07) is 5.57. The molecule has 3 fully saturated rings. The van der Waals surface area contributed by atoms with Gasteiger partial charge in [-0.15, -0.1) is 18.3 Å². The lowest BCUT2D eigenvalue weighted by Gasteiger charge is -2.39. The zero-order chi connectivity index (χ0) is 34.7. The summed E-state index contributed by atoms with van der Waals surface area (Å²) >= 11 is 3.69. The van der Waals surface area contributed by atoms with Gasteiger partial charge in [0.25, 0.3) is 0 Å². The molecule has 2 bridgehead atoms. The number of amides is 3. The smallest absolute Gasteiger partial charge is 0.312 e. The number of carbonyl (C=O) groups excluding carboxylic acids is 4. The monoisotopic (exact) mass is 728 g/mol. The molecule has 0 aliphatic carbocycles. The number of hydrogen-bond acceptors (Lipinski definition) is 9. The second-order valence-electron chi connectivity index (χ2n) is 13.3. The minimum atomic E-state index is -1.35. The highest BCUT2D eigenvalue weighted by Crippen LogP contribution is 2.61. The van der Waals surface area contributed by atoms with Crippen LogP contribution in [-0.4, -0.2) is 108 Å². The first-order valence-corrected chi connectivity index (χ1v) is 17.4. The Labute approximate surface area is 288 Å². The molecule has 3 amide bonds. The van der Waals surface area contributed by atoms with Crippen LogP contribution in [0.25, 0.3) is 11.0 Å². The minimum absolute atomic E-state index is 0.0291. The Balaban J connectivity index is 1.47. The molecule has 0 radical (unpaired) electrons. The van der Waals surface area contributed by atoms with Crippen LogP contribution in [0, 0.1) is 17.8 Å². The largest absolute Gasteiger partial charge is 0.460 e. The second-order valence-corrected chi connectivity index (χ2v) is 14.5. The van der Waals surface area contributed by atoms with Gasteiger partial charge >= 0.3 is 5.97 Å². The van der Waals surface area contributed by atoms with Gasteiger partial charge < -0.3 is 29.7 Å². The Morgan fingerprint density at radius 3 is 2.69 bits per heavy atom. The van der Waals surface area contributed by atoms with Crippen LogP contribution < -0.4 is 5.32 Å². The summed E-state index contributed by atoms with van der Waals surface area (Å²) in [6.07, 6.45) is 3.39. The van der Waals surface area contributed by atoms with E-state index in [1.165, 1.54) is 4.90 Å². The van der Waals surface area contributed by atoms with E-state index in [4.69, 9.17) is 9.47 Å². The van der Waals surface area contributed by atoms with E-state index in [0.717, 1.165) is 5.52 Å². The third-order valence-corrected chi connectivity index (χ3v) is 10.3. The first-order chi connectivity index (χ1) is 23.0. The fraction of sp³-hybridized carbons (Fsp3) is 0.588. The van der Waals surface area contributed by atoms with E-state index in [-0.39, 0.29) is 49.4 Å². The maximum Gasteiger partial charge on any atom is 0.312 e. The third kappa shape index (κ3) is 6.66. The van der Waals surface area contributed by atoms with Gasteiger partial charge in [0.05, 0.1) is 42.6 Å². The number of aliphatic hydroxyl groups excluding tert-OH is 1. The molecule has 4 heterocycles. The number of nitrogens with zero attached hydrogens (tertiary/aromatic N) is 5. The highest BCUT2D eigenvalue weighted by Gasteiger charge is 2.77. The highest BCUT2D eigenvalue weighted by molar-refractivity contribution is 9.09. The number of fused-ring (bicyclic) bond motifs is 2. The number of aliphatic hydroxyl groups is 1. The molecule has 2 aromatic rings. The van der Waals surface area contributed by atoms with Crippen molar-refractivity contribution in [2.24, 2.45) is 17.8 Å². The molecule has 0 saturated carbocycles. The number of halogens is 1. The Bertz CT molecular complexity index is 1550. The molecule has 14 heteroatoms. The van der Waals surface area contributed by atoms with Crippen molar-refractivity contribution in [1.29, 1.82) is 0 Å². The fourth-order valence-corrected chi connectivity index (χ4v) is 8.40. The van der Waals surface area contributed by atoms with Gasteiger partial charge in [0.1, 0.15) is 29.9 Å². The topological polar surface area (TPSA) is 156 Å². The normalized spacial score (nSPS) is 27.2. The maximum atomic E-state index is 14.9. The lowest BCUT2D eigenvalue weighted by Crippen LogP contribution is -2.59. The summed E-state index contributed by atoms with van der Waals surface area (Å²) in [6.45, 7) is 13.0. The van der Waals surface area contributed by atoms with Crippen molar-refractivity contribution in [1.82, 2.24) is 30.1 Å². The van der Waals surface area contributed by atoms with Crippen molar-refractivity contribution in [3.8, 4) is 0 Å². The molecule has 3 saturated heterocycles. The lowest BCUT2D eigenvalue weighted by atomic mass is 9.70. The predicted molar refractivity (Wildman–Crippen MR) is 180 cm³/mol. The minimum Gasteiger partial charge on any atom is -0.460 e. The van der Waals surface area contributed by atoms with E-state index < -0.39 is 59.5 Å². The number of para-hydroxylation sites is 1. The number of rotatable bonds is 16. The van der Waals surface area contributed by atoms with Crippen molar-refractivity contribution in [2.75, 3.05) is 19.7 Å². The zero-order valence-corrected chi connectivity index (χ0v) is 29.3. The molecule has 3 aliphatic heterocycles. The first-order valence-electron chi connectivity index (χ1n) is 16.5. The van der Waals surface area contributed by atoms with Crippen LogP contribution in [0.1, 0.15) is 46.5 Å². The van der Waals surface area contributed by atoms with Crippen LogP contribution in [0.2, 0.25) is 0 Å². The number of aromatic nitrogens is 3. The zero-order valence-electron chi connectivity index (χ0n) is 27.7. The van der Waals surface area contributed by atoms with Crippen molar-refractivity contribution in [3.05, 3.63) is 49.6 Å². The molecule has 3 aliphatic rings. The molecule has 1 aromatic heterocycles. The number of hydrogen-bond donors (Lipinski definition) is 2. The Kier molecular flexibility index (Phi) is 11.1. The van der Waals surface area contributed by atoms with E-state index in [9.17, 15) is 24.3 Å². The Morgan fingerprint density at radius 2 is 2.00 bits per heavy atom. The number of ether oxygens (including phenoxy) is 2. The average Bonchev–Trinajstić information content (AvgIpc) is 3.78. The summed E-state index contributed by atoms with van der Waals surface area (Å²) in [5, 5.41) is 21.9. The van der Waals surface area contributed by atoms with Crippen LogP contribution in [0.3, 0.4) is 0 Å². The molecule has 1 aromatic carbocycles. The Morgan fingerprint density at radius 1 is 1.25 bits per heavy atom. The molecule has 13 nitrogen and oxygen atoms in total. The molecule has 48 heavy (non-hydrogen) atoms. The summed E-state index contributed by atoms with van der Waals surface area (Å²) in [5.74, 6) is -3.56. The molecule has 1 spiro atoms. The van der Waals surface area contributed by atoms with Gasteiger partial charge in [0.15, 0.2) is 0 Å². The van der Waals surface area contributed by atoms with Crippen LogP contribution in [-0.2, 0) is 35.3 Å². The van der Waals surface area contributed by atoms with E-state index in [1.807, 2.05) is 38.1 Å². The highest BCUT2D eigenvalue weighted by atomic mass is 79.9. The van der Waals surface area contributed by atoms with Gasteiger partial charge in [-0.25, -0.2) is 4.68 Å². The summed E-state index contributed by atoms with van der Waals surface area (Å²) in [4.78, 5) is 58.1. The SMILES string of the molecule is C=CCCC(=O)NC[C@@H](C)OC(=O)[C@H]1[C@@H]2O[C@@]3(CC2Br)[C@@H]1C(=O)N([C@@H](CO)CC(C)C)[C@@H]3C(=O)N(CC=C)Cn1nnc2ccccc21. The second kappa shape index (κ2) is 14.9. The van der Waals surface area contributed by atoms with E-state index in [1.54, 1.807) is 28.7 Å². The molecular formula is C34H45BrN6O7. The third-order valence-electron chi connectivity index (χ3n) is 9.45. The number of esters is 1. The van der Waals surface area contributed by atoms with Crippen molar-refractivity contribution >= 4 is 50.7 Å². The van der Waals surface area contributed by atoms with Gasteiger partial charge in [-0.3, -0.25) is 19.2 Å². The number of nitrogens with one attached hydrogen (secondary N) is 1. The number of benzene rings is 1. The summed E-state index contributed by atoms with van der Waals surface area (Å²) in [7, 11) is 0. The van der Waals surface area contributed by atoms with E-state index in [0.29, 0.717) is 24.8 Å². The van der Waals surface area contributed by atoms with E-state index in [2.05, 4.69) is 44.7 Å². The quantitative estimate of drug-likeness (QED) is 0.151. The van der Waals surface area contributed by atoms with Gasteiger partial charge in [-0.2, -0.15) is 0 Å². The van der Waals surface area contributed by atoms with Crippen molar-refractivity contribution in [3.63, 3.8) is 0 Å². The van der Waals surface area contributed by atoms with Gasteiger partial charge in [0.2, 0.25) is 17.7 Å². The predicted octanol–water partition coefficient (Wildman–Crippen LogP) is 2.57. The Hall–Kier alpha value is -3.62. The molecule has 1 unspecified atom stereocenters. The van der Waals surface area contributed by atoms with E-state index >= 15 is 0 Å². The molecule has 2 N–H and O–H groups in total. The molecular weight excluding hydrogens is 684 g/mol. The van der Waals surface area contributed by atoms with Gasteiger partial charge in [0, 0.05) is 17.8 Å². The van der Waals surface area contributed by atoms with Crippen molar-refractivity contribution in [2.45, 2.75) is 87.8 Å². The van der Waals surface area contributed by atoms with Gasteiger partial charge in [-0.05, 0) is 44.2 Å². The van der Waals surface area contributed by atoms with Crippen LogP contribution in [0.15, 0.2) is 49.6 Å². The van der Waals surface area contributed by atoms with Crippen LogP contribution >= 0.6 is 15.9 Å². The molecule has 260 valence electrons. The first kappa shape index (κ1) is 35.7. The average molecular weight is 730 g/mol. The van der Waals surface area contributed by atoms with Gasteiger partial charge in [-0.1, -0.05) is 59.3 Å². The number of likely N-dealkylation sites (tertiary alicyclic amines) is 1. The number of allylic oxidation sites excluding steroid dienone is 1. The number of alkyl halides is 1. The van der Waals surface area contributed by atoms with Crippen LogP contribution in [0.4, 0.5) is 0 Å². The lowest BCUT2D eigenvalue weighted by molar-refractivity contribution is -0.160. The molecule has 8 atom stereocenters. The maximum absolute atomic E-state index is 14.9. The standard InChI is InChI=1S/C34H45BrN6O7/c1-6-8-13-26(43)36-17-21(5)47-33(46)27-28-31(44)41(22(18-42)15-20(3)4)30(34(28)16-23(35)29(27)48-34)32(45)39(14-7-2)19-40-25-12-10-9-11-24(25)37-38-40/h6-7,9-12,20-23,27-30,42H,1-2,8,13-19H2,3-5H3,(H,36,43)/t21-,22-,23?,27-,28+,29-,30-,34+/m1/s1. The van der Waals surface area contributed by atoms with Crippen molar-refractivity contribution < 1.29 is 33.8 Å². The fourth-order valence-electron chi connectivity index (χ4n) is 7.46. The molecule has 5 rings (SSSR count). The number of carbonyl (C=O) groups is 4. The summed E-state index contributed by atoms with van der Waals surface area (Å²) < 4.78 is 14.1. The van der Waals surface area contributed by atoms with Crippen LogP contribution in [0.5, 0.6) is 0 Å². The summed E-state index contributed by atoms with van der Waals surface area (Å²) in [5.41, 5.74) is 0.0479.